The number of fused-ring (bicyclic) bond motifs is 2. The molecule has 33 heavy (non-hydrogen) atoms. The number of nitrogen functional groups attached to an aromatic ring is 1. The van der Waals surface area contributed by atoms with Crippen molar-refractivity contribution in [3.05, 3.63) is 6.33 Å². The molecular formula is C15H17FN6O9P2. The van der Waals surface area contributed by atoms with Gasteiger partial charge in [-0.2, -0.15) is 14.3 Å². The summed E-state index contributed by atoms with van der Waals surface area (Å²) < 4.78 is 53.5. The van der Waals surface area contributed by atoms with Crippen molar-refractivity contribution in [2.24, 2.45) is 0 Å². The van der Waals surface area contributed by atoms with Crippen molar-refractivity contribution in [3.8, 4) is 12.3 Å². The van der Waals surface area contributed by atoms with E-state index in [1.54, 1.807) is 5.92 Å². The molecule has 2 unspecified atom stereocenters. The van der Waals surface area contributed by atoms with Crippen LogP contribution in [0, 0.1) is 12.3 Å². The minimum Gasteiger partial charge on any atom is -0.380 e. The van der Waals surface area contributed by atoms with Crippen LogP contribution in [0.25, 0.3) is 11.2 Å². The van der Waals surface area contributed by atoms with E-state index in [0.717, 1.165) is 23.7 Å². The number of hydrogen-bond acceptors (Lipinski definition) is 11. The number of nitrogens with two attached hydrogens (primary N) is 1. The van der Waals surface area contributed by atoms with Gasteiger partial charge in [-0.15, -0.1) is 6.42 Å². The number of hydrogen-bond donors (Lipinski definition) is 6. The number of imidazole rings is 1. The molecule has 18 heteroatoms. The number of rotatable bonds is 7. The number of anilines is 2. The molecule has 0 radical (unpaired) electrons. The zero-order chi connectivity index (χ0) is 24.0. The normalized spacial score (nSPS) is 35.1. The Hall–Kier alpha value is -2.18. The molecule has 3 aliphatic rings. The molecule has 5 rings (SSSR count). The van der Waals surface area contributed by atoms with Gasteiger partial charge in [-0.3, -0.25) is 9.09 Å². The average Bonchev–Trinajstić information content (AvgIpc) is 3.52. The second-order valence-electron chi connectivity index (χ2n) is 7.83. The molecule has 1 saturated heterocycles. The van der Waals surface area contributed by atoms with Gasteiger partial charge in [-0.25, -0.2) is 18.5 Å². The first-order valence-corrected chi connectivity index (χ1v) is 12.4. The Bertz CT molecular complexity index is 1290. The highest BCUT2D eigenvalue weighted by Crippen LogP contribution is 2.68. The molecule has 0 aromatic carbocycles. The third-order valence-corrected chi connectivity index (χ3v) is 7.68. The standard InChI is InChI=1S/C15H17FN6O9P2/c1-2-14(16)12(29-8-9(15(8,14)23)30-33(27,28)31-32(24,25)26)22-5-18-7-10(19-6-3-4-6)20-13(17)21-11(7)22/h1,5-6,8-9,12,23H,3-4H2,(H,27,28)(H2,24,25,26)(H3,17,19,20,21)/t8-,9?,12-,14+,15+/m1/s1. The van der Waals surface area contributed by atoms with Crippen LogP contribution in [0.1, 0.15) is 19.1 Å². The number of nitrogens with zero attached hydrogens (tertiary/aromatic N) is 4. The minimum absolute atomic E-state index is 0.0490. The molecular weight excluding hydrogens is 489 g/mol. The number of phosphoric acid groups is 2. The third kappa shape index (κ3) is 3.53. The van der Waals surface area contributed by atoms with Crippen molar-refractivity contribution >= 4 is 38.6 Å². The van der Waals surface area contributed by atoms with Crippen molar-refractivity contribution in [1.82, 2.24) is 19.5 Å². The summed E-state index contributed by atoms with van der Waals surface area (Å²) in [4.78, 5) is 39.3. The zero-order valence-electron chi connectivity index (χ0n) is 16.3. The highest BCUT2D eigenvalue weighted by atomic mass is 31.3. The molecule has 0 spiro atoms. The van der Waals surface area contributed by atoms with Gasteiger partial charge in [-0.05, 0) is 12.8 Å². The van der Waals surface area contributed by atoms with Crippen LogP contribution < -0.4 is 11.1 Å². The van der Waals surface area contributed by atoms with Crippen molar-refractivity contribution in [1.29, 1.82) is 0 Å². The number of aliphatic hydroxyl groups is 1. The van der Waals surface area contributed by atoms with Gasteiger partial charge in [0.15, 0.2) is 28.8 Å². The lowest BCUT2D eigenvalue weighted by molar-refractivity contribution is -0.0923. The SMILES string of the molecule is C#C[C@]1(F)[C@H](n2cnc3c(NC4CC4)nc(N)nc32)O[C@@H]2C(OP(=O)(O)OP(=O)(O)O)[C@@]21O. The topological polar surface area (TPSA) is 224 Å². The average molecular weight is 506 g/mol. The van der Waals surface area contributed by atoms with E-state index in [2.05, 4.69) is 29.1 Å². The van der Waals surface area contributed by atoms with Crippen LogP contribution in [0.5, 0.6) is 0 Å². The predicted molar refractivity (Wildman–Crippen MR) is 106 cm³/mol. The number of alkyl halides is 1. The lowest BCUT2D eigenvalue weighted by Crippen LogP contribution is -2.46. The van der Waals surface area contributed by atoms with Gasteiger partial charge in [0.25, 0.3) is 0 Å². The van der Waals surface area contributed by atoms with E-state index in [4.69, 9.17) is 26.7 Å². The first-order chi connectivity index (χ1) is 15.3. The fraction of sp³-hybridized carbons (Fsp3) is 0.533. The smallest absolute Gasteiger partial charge is 0.380 e. The monoisotopic (exact) mass is 506 g/mol. The second kappa shape index (κ2) is 6.92. The van der Waals surface area contributed by atoms with Crippen LogP contribution in [0.3, 0.4) is 0 Å². The van der Waals surface area contributed by atoms with E-state index in [0.29, 0.717) is 5.82 Å². The van der Waals surface area contributed by atoms with Crippen molar-refractivity contribution in [2.45, 2.75) is 48.6 Å². The fourth-order valence-corrected chi connectivity index (χ4v) is 5.62. The number of phosphoric ester groups is 1. The second-order valence-corrected chi connectivity index (χ2v) is 10.6. The van der Waals surface area contributed by atoms with Gasteiger partial charge in [0, 0.05) is 6.04 Å². The maximum atomic E-state index is 16.0. The van der Waals surface area contributed by atoms with E-state index in [-0.39, 0.29) is 23.2 Å². The number of ether oxygens (including phenoxy) is 1. The summed E-state index contributed by atoms with van der Waals surface area (Å²) in [6.07, 6.45) is 3.23. The van der Waals surface area contributed by atoms with Gasteiger partial charge in [0.1, 0.15) is 12.2 Å². The first kappa shape index (κ1) is 22.6. The summed E-state index contributed by atoms with van der Waals surface area (Å²) >= 11 is 0. The zero-order valence-corrected chi connectivity index (χ0v) is 18.1. The largest absolute Gasteiger partial charge is 0.481 e. The lowest BCUT2D eigenvalue weighted by atomic mass is 9.96. The summed E-state index contributed by atoms with van der Waals surface area (Å²) in [5, 5.41) is 14.0. The molecule has 6 atom stereocenters. The lowest BCUT2D eigenvalue weighted by Gasteiger charge is -2.29. The molecule has 0 amide bonds. The molecule has 2 saturated carbocycles. The highest BCUT2D eigenvalue weighted by molar-refractivity contribution is 7.60. The van der Waals surface area contributed by atoms with Crippen LogP contribution in [-0.2, 0) is 22.7 Å². The molecule has 7 N–H and O–H groups in total. The van der Waals surface area contributed by atoms with E-state index in [9.17, 15) is 19.1 Å². The third-order valence-electron chi connectivity index (χ3n) is 5.51. The number of halogens is 1. The Kier molecular flexibility index (Phi) is 4.74. The molecule has 3 heterocycles. The Labute approximate surface area is 183 Å². The number of terminal acetylenes is 1. The van der Waals surface area contributed by atoms with E-state index in [1.807, 2.05) is 0 Å². The van der Waals surface area contributed by atoms with Gasteiger partial charge in [-0.1, -0.05) is 5.92 Å². The van der Waals surface area contributed by atoms with Crippen LogP contribution in [0.4, 0.5) is 16.2 Å². The van der Waals surface area contributed by atoms with Crippen LogP contribution in [0.2, 0.25) is 0 Å². The Morgan fingerprint density at radius 2 is 2.06 bits per heavy atom. The van der Waals surface area contributed by atoms with Gasteiger partial charge < -0.3 is 35.6 Å². The molecule has 2 aromatic heterocycles. The molecule has 0 bridgehead atoms. The van der Waals surface area contributed by atoms with Crippen LogP contribution in [-0.4, -0.2) is 68.8 Å². The fourth-order valence-electron chi connectivity index (χ4n) is 3.84. The quantitative estimate of drug-likeness (QED) is 0.207. The summed E-state index contributed by atoms with van der Waals surface area (Å²) in [6, 6.07) is 0.192. The maximum Gasteiger partial charge on any atom is 0.481 e. The highest BCUT2D eigenvalue weighted by Gasteiger charge is 2.87. The predicted octanol–water partition coefficient (Wildman–Crippen LogP) is -0.439. The van der Waals surface area contributed by atoms with E-state index in [1.165, 1.54) is 0 Å². The Morgan fingerprint density at radius 3 is 2.67 bits per heavy atom. The Morgan fingerprint density at radius 1 is 1.36 bits per heavy atom. The van der Waals surface area contributed by atoms with Gasteiger partial charge >= 0.3 is 15.6 Å². The number of nitrogens with one attached hydrogen (secondary N) is 1. The molecule has 1 aliphatic heterocycles. The van der Waals surface area contributed by atoms with Crippen molar-refractivity contribution < 1.29 is 46.9 Å². The summed E-state index contributed by atoms with van der Waals surface area (Å²) in [6.45, 7) is 0. The molecule has 2 aliphatic carbocycles. The minimum atomic E-state index is -5.44. The molecule has 3 fully saturated rings. The summed E-state index contributed by atoms with van der Waals surface area (Å²) in [5.41, 5.74) is 0.376. The summed E-state index contributed by atoms with van der Waals surface area (Å²) in [7, 11) is -10.9. The van der Waals surface area contributed by atoms with E-state index >= 15 is 4.39 Å². The summed E-state index contributed by atoms with van der Waals surface area (Å²) in [5.74, 6) is 1.96. The molecule has 178 valence electrons. The number of aromatic nitrogens is 4. The Balaban J connectivity index is 1.46. The van der Waals surface area contributed by atoms with Gasteiger partial charge in [0.05, 0.1) is 6.33 Å². The van der Waals surface area contributed by atoms with Crippen LogP contribution in [0.15, 0.2) is 6.33 Å². The van der Waals surface area contributed by atoms with Crippen molar-refractivity contribution in [3.63, 3.8) is 0 Å². The van der Waals surface area contributed by atoms with Gasteiger partial charge in [0.2, 0.25) is 11.6 Å². The van der Waals surface area contributed by atoms with Crippen LogP contribution >= 0.6 is 15.6 Å². The first-order valence-electron chi connectivity index (χ1n) is 9.38. The molecule has 2 aromatic rings. The molecule has 15 nitrogen and oxygen atoms in total. The van der Waals surface area contributed by atoms with E-state index < -0.39 is 45.4 Å². The maximum absolute atomic E-state index is 16.0. The van der Waals surface area contributed by atoms with Crippen molar-refractivity contribution in [2.75, 3.05) is 11.1 Å².